The van der Waals surface area contributed by atoms with Crippen molar-refractivity contribution in [2.45, 2.75) is 33.2 Å². The number of carbonyl (C=O) groups is 2. The largest absolute Gasteiger partial charge is 0.465 e. The summed E-state index contributed by atoms with van der Waals surface area (Å²) < 4.78 is 5.01. The van der Waals surface area contributed by atoms with E-state index < -0.39 is 6.04 Å². The highest BCUT2D eigenvalue weighted by molar-refractivity contribution is 5.94. The van der Waals surface area contributed by atoms with Gasteiger partial charge in [0.2, 0.25) is 0 Å². The summed E-state index contributed by atoms with van der Waals surface area (Å²) in [4.78, 5) is 23.8. The minimum absolute atomic E-state index is 0.0603. The van der Waals surface area contributed by atoms with Crippen molar-refractivity contribution in [1.82, 2.24) is 10.9 Å². The first-order valence-corrected chi connectivity index (χ1v) is 6.87. The highest BCUT2D eigenvalue weighted by atomic mass is 16.5. The van der Waals surface area contributed by atoms with Crippen LogP contribution in [-0.2, 0) is 9.53 Å². The SMILES string of the molecule is CCOC(=O)[C@H](NNC(=O)c1ccccc1)[C@@H](C)CC. The molecule has 0 aliphatic heterocycles. The van der Waals surface area contributed by atoms with Gasteiger partial charge in [0.05, 0.1) is 6.61 Å². The van der Waals surface area contributed by atoms with Crippen LogP contribution in [0, 0.1) is 5.92 Å². The van der Waals surface area contributed by atoms with Gasteiger partial charge in [-0.25, -0.2) is 5.43 Å². The smallest absolute Gasteiger partial charge is 0.325 e. The van der Waals surface area contributed by atoms with E-state index in [2.05, 4.69) is 10.9 Å². The first-order chi connectivity index (χ1) is 9.60. The molecule has 2 N–H and O–H groups in total. The number of hydrazine groups is 1. The van der Waals surface area contributed by atoms with E-state index in [4.69, 9.17) is 4.74 Å². The van der Waals surface area contributed by atoms with Gasteiger partial charge >= 0.3 is 5.97 Å². The molecule has 0 heterocycles. The number of hydrogen-bond donors (Lipinski definition) is 2. The quantitative estimate of drug-likeness (QED) is 0.590. The van der Waals surface area contributed by atoms with Crippen molar-refractivity contribution in [3.63, 3.8) is 0 Å². The predicted molar refractivity (Wildman–Crippen MR) is 76.9 cm³/mol. The van der Waals surface area contributed by atoms with Gasteiger partial charge in [-0.05, 0) is 25.0 Å². The Morgan fingerprint density at radius 2 is 1.85 bits per heavy atom. The molecule has 0 spiro atoms. The zero-order valence-electron chi connectivity index (χ0n) is 12.2. The van der Waals surface area contributed by atoms with Gasteiger partial charge in [-0.1, -0.05) is 38.5 Å². The fourth-order valence-electron chi connectivity index (χ4n) is 1.71. The van der Waals surface area contributed by atoms with Crippen molar-refractivity contribution in [1.29, 1.82) is 0 Å². The van der Waals surface area contributed by atoms with E-state index in [0.717, 1.165) is 6.42 Å². The zero-order chi connectivity index (χ0) is 15.0. The van der Waals surface area contributed by atoms with Crippen LogP contribution in [0.15, 0.2) is 30.3 Å². The fraction of sp³-hybridized carbons (Fsp3) is 0.467. The van der Waals surface area contributed by atoms with Gasteiger partial charge in [0, 0.05) is 5.56 Å². The third-order valence-electron chi connectivity index (χ3n) is 3.13. The Morgan fingerprint density at radius 1 is 1.20 bits per heavy atom. The van der Waals surface area contributed by atoms with Gasteiger partial charge in [-0.2, -0.15) is 0 Å². The molecule has 0 aromatic heterocycles. The fourth-order valence-corrected chi connectivity index (χ4v) is 1.71. The Morgan fingerprint density at radius 3 is 2.40 bits per heavy atom. The lowest BCUT2D eigenvalue weighted by Gasteiger charge is -2.22. The molecule has 0 aliphatic rings. The molecule has 1 amide bonds. The molecule has 0 saturated heterocycles. The standard InChI is InChI=1S/C15H22N2O3/c1-4-11(3)13(15(19)20-5-2)16-17-14(18)12-9-7-6-8-10-12/h6-11,13,16H,4-5H2,1-3H3,(H,17,18)/t11-,13+/m0/s1. The molecule has 1 aromatic carbocycles. The van der Waals surface area contributed by atoms with Crippen LogP contribution >= 0.6 is 0 Å². The second-order valence-corrected chi connectivity index (χ2v) is 4.58. The minimum Gasteiger partial charge on any atom is -0.465 e. The molecule has 0 radical (unpaired) electrons. The summed E-state index contributed by atoms with van der Waals surface area (Å²) in [6, 6.07) is 8.27. The molecule has 1 aromatic rings. The summed E-state index contributed by atoms with van der Waals surface area (Å²) in [6.45, 7) is 6.00. The molecule has 0 bridgehead atoms. The number of amides is 1. The maximum atomic E-state index is 11.9. The number of nitrogens with one attached hydrogen (secondary N) is 2. The van der Waals surface area contributed by atoms with Gasteiger partial charge < -0.3 is 4.74 Å². The van der Waals surface area contributed by atoms with E-state index >= 15 is 0 Å². The number of ether oxygens (including phenoxy) is 1. The van der Waals surface area contributed by atoms with Crippen LogP contribution in [0.25, 0.3) is 0 Å². The normalized spacial score (nSPS) is 13.3. The molecule has 0 fully saturated rings. The van der Waals surface area contributed by atoms with Gasteiger partial charge in [-0.15, -0.1) is 0 Å². The van der Waals surface area contributed by atoms with E-state index in [-0.39, 0.29) is 17.8 Å². The lowest BCUT2D eigenvalue weighted by Crippen LogP contribution is -2.51. The Hall–Kier alpha value is -1.88. The molecular formula is C15H22N2O3. The van der Waals surface area contributed by atoms with Crippen LogP contribution in [0.1, 0.15) is 37.6 Å². The average molecular weight is 278 g/mol. The summed E-state index contributed by atoms with van der Waals surface area (Å²) in [6.07, 6.45) is 0.803. The third kappa shape index (κ3) is 4.66. The first kappa shape index (κ1) is 16.2. The molecule has 110 valence electrons. The van der Waals surface area contributed by atoms with Gasteiger partial charge in [0.15, 0.2) is 0 Å². The summed E-state index contributed by atoms with van der Waals surface area (Å²) in [5, 5.41) is 0. The lowest BCUT2D eigenvalue weighted by molar-refractivity contribution is -0.147. The Balaban J connectivity index is 2.62. The van der Waals surface area contributed by atoms with E-state index in [0.29, 0.717) is 12.2 Å². The summed E-state index contributed by atoms with van der Waals surface area (Å²) in [5.41, 5.74) is 5.88. The van der Waals surface area contributed by atoms with Crippen molar-refractivity contribution >= 4 is 11.9 Å². The molecule has 0 unspecified atom stereocenters. The molecule has 0 aliphatic carbocycles. The monoisotopic (exact) mass is 278 g/mol. The number of rotatable bonds is 7. The van der Waals surface area contributed by atoms with Crippen molar-refractivity contribution in [2.24, 2.45) is 5.92 Å². The van der Waals surface area contributed by atoms with Gasteiger partial charge in [0.25, 0.3) is 5.91 Å². The van der Waals surface area contributed by atoms with Crippen molar-refractivity contribution in [3.05, 3.63) is 35.9 Å². The second kappa shape index (κ2) is 8.32. The second-order valence-electron chi connectivity index (χ2n) is 4.58. The summed E-state index contributed by atoms with van der Waals surface area (Å²) in [5.74, 6) is -0.566. The molecule has 5 heteroatoms. The molecular weight excluding hydrogens is 256 g/mol. The van der Waals surface area contributed by atoms with Crippen LogP contribution in [0.5, 0.6) is 0 Å². The van der Waals surface area contributed by atoms with Crippen molar-refractivity contribution < 1.29 is 14.3 Å². The molecule has 5 nitrogen and oxygen atoms in total. The Kier molecular flexibility index (Phi) is 6.73. The number of hydrogen-bond acceptors (Lipinski definition) is 4. The first-order valence-electron chi connectivity index (χ1n) is 6.87. The van der Waals surface area contributed by atoms with E-state index in [1.54, 1.807) is 31.2 Å². The number of esters is 1. The van der Waals surface area contributed by atoms with E-state index in [1.807, 2.05) is 19.9 Å². The van der Waals surface area contributed by atoms with Crippen molar-refractivity contribution in [2.75, 3.05) is 6.61 Å². The molecule has 1 rings (SSSR count). The predicted octanol–water partition coefficient (Wildman–Crippen LogP) is 1.90. The average Bonchev–Trinajstić information content (AvgIpc) is 2.48. The van der Waals surface area contributed by atoms with E-state index in [1.165, 1.54) is 0 Å². The van der Waals surface area contributed by atoms with Crippen LogP contribution in [0.2, 0.25) is 0 Å². The van der Waals surface area contributed by atoms with Crippen molar-refractivity contribution in [3.8, 4) is 0 Å². The molecule has 2 atom stereocenters. The number of benzene rings is 1. The molecule has 0 saturated carbocycles. The maximum absolute atomic E-state index is 11.9. The van der Waals surface area contributed by atoms with Gasteiger partial charge in [-0.3, -0.25) is 15.0 Å². The Bertz CT molecular complexity index is 434. The van der Waals surface area contributed by atoms with E-state index in [9.17, 15) is 9.59 Å². The highest BCUT2D eigenvalue weighted by Gasteiger charge is 2.25. The van der Waals surface area contributed by atoms with Crippen LogP contribution < -0.4 is 10.9 Å². The highest BCUT2D eigenvalue weighted by Crippen LogP contribution is 2.09. The lowest BCUT2D eigenvalue weighted by atomic mass is 10.00. The van der Waals surface area contributed by atoms with Crippen LogP contribution in [-0.4, -0.2) is 24.5 Å². The number of carbonyl (C=O) groups excluding carboxylic acids is 2. The maximum Gasteiger partial charge on any atom is 0.325 e. The topological polar surface area (TPSA) is 67.4 Å². The van der Waals surface area contributed by atoms with Crippen LogP contribution in [0.3, 0.4) is 0 Å². The summed E-state index contributed by atoms with van der Waals surface area (Å²) >= 11 is 0. The minimum atomic E-state index is -0.549. The molecule has 20 heavy (non-hydrogen) atoms. The Labute approximate surface area is 119 Å². The summed E-state index contributed by atoms with van der Waals surface area (Å²) in [7, 11) is 0. The third-order valence-corrected chi connectivity index (χ3v) is 3.13. The zero-order valence-corrected chi connectivity index (χ0v) is 12.2. The van der Waals surface area contributed by atoms with Crippen LogP contribution in [0.4, 0.5) is 0 Å². The van der Waals surface area contributed by atoms with Gasteiger partial charge in [0.1, 0.15) is 6.04 Å².